The second-order valence-electron chi connectivity index (χ2n) is 3.89. The lowest BCUT2D eigenvalue weighted by molar-refractivity contribution is -0.605. The monoisotopic (exact) mass is 243 g/mol. The first kappa shape index (κ1) is 12.1. The Kier molecular flexibility index (Phi) is 3.57. The third kappa shape index (κ3) is 2.85. The first-order valence-electron chi connectivity index (χ1n) is 5.57. The van der Waals surface area contributed by atoms with Crippen LogP contribution in [0.5, 0.6) is 0 Å². The topological polar surface area (TPSA) is 53.2 Å². The van der Waals surface area contributed by atoms with Crippen molar-refractivity contribution in [3.05, 3.63) is 71.2 Å². The van der Waals surface area contributed by atoms with E-state index in [4.69, 9.17) is 4.74 Å². The molecule has 0 aliphatic carbocycles. The normalized spacial score (nSPS) is 11.8. The van der Waals surface area contributed by atoms with Crippen molar-refractivity contribution >= 4 is 5.97 Å². The Hall–Kier alpha value is -2.36. The lowest BCUT2D eigenvalue weighted by Gasteiger charge is -2.17. The van der Waals surface area contributed by atoms with E-state index in [0.717, 1.165) is 11.1 Å². The van der Waals surface area contributed by atoms with Crippen LogP contribution in [-0.4, -0.2) is 5.97 Å². The van der Waals surface area contributed by atoms with Crippen molar-refractivity contribution in [2.24, 2.45) is 0 Å². The van der Waals surface area contributed by atoms with Crippen molar-refractivity contribution in [2.75, 3.05) is 0 Å². The van der Waals surface area contributed by atoms with E-state index in [0.29, 0.717) is 4.73 Å². The van der Waals surface area contributed by atoms with Gasteiger partial charge in [-0.3, -0.25) is 4.79 Å². The van der Waals surface area contributed by atoms with Crippen LogP contribution in [0.25, 0.3) is 0 Å². The van der Waals surface area contributed by atoms with Crippen molar-refractivity contribution in [1.82, 2.24) is 0 Å². The molecule has 2 aromatic rings. The number of benzene rings is 1. The molecule has 0 saturated carbocycles. The van der Waals surface area contributed by atoms with Gasteiger partial charge in [0.25, 0.3) is 0 Å². The predicted molar refractivity (Wildman–Crippen MR) is 65.5 cm³/mol. The number of ether oxygens (including phenoxy) is 1. The fourth-order valence-corrected chi connectivity index (χ4v) is 1.72. The van der Waals surface area contributed by atoms with Crippen molar-refractivity contribution in [3.63, 3.8) is 0 Å². The fourth-order valence-electron chi connectivity index (χ4n) is 1.72. The molecule has 0 aliphatic heterocycles. The zero-order valence-corrected chi connectivity index (χ0v) is 9.95. The van der Waals surface area contributed by atoms with Gasteiger partial charge >= 0.3 is 5.97 Å². The molecule has 92 valence electrons. The van der Waals surface area contributed by atoms with E-state index in [9.17, 15) is 10.0 Å². The van der Waals surface area contributed by atoms with E-state index in [1.807, 2.05) is 30.3 Å². The molecule has 0 fully saturated rings. The second kappa shape index (κ2) is 5.31. The van der Waals surface area contributed by atoms with E-state index in [-0.39, 0.29) is 5.97 Å². The molecule has 4 heteroatoms. The third-order valence-electron chi connectivity index (χ3n) is 2.52. The number of pyridine rings is 1. The van der Waals surface area contributed by atoms with Crippen LogP contribution in [0.2, 0.25) is 0 Å². The molecule has 0 saturated heterocycles. The predicted octanol–water partition coefficient (Wildman–Crippen LogP) is 1.97. The van der Waals surface area contributed by atoms with Crippen LogP contribution in [-0.2, 0) is 9.53 Å². The summed E-state index contributed by atoms with van der Waals surface area (Å²) in [5, 5.41) is 11.0. The Balaban J connectivity index is 2.36. The molecule has 0 bridgehead atoms. The molecule has 1 unspecified atom stereocenters. The minimum atomic E-state index is -0.482. The zero-order chi connectivity index (χ0) is 13.0. The molecular formula is C14H13NO3. The summed E-state index contributed by atoms with van der Waals surface area (Å²) in [5.41, 5.74) is 1.64. The van der Waals surface area contributed by atoms with Crippen molar-refractivity contribution in [2.45, 2.75) is 13.0 Å². The summed E-state index contributed by atoms with van der Waals surface area (Å²) < 4.78 is 6.01. The largest absolute Gasteiger partial charge is 0.619 e. The molecule has 2 rings (SSSR count). The van der Waals surface area contributed by atoms with Gasteiger partial charge in [0.2, 0.25) is 0 Å². The average molecular weight is 243 g/mol. The SMILES string of the molecule is CC(=O)OC(c1ccccc1)c1cc[n+]([O-])cc1. The van der Waals surface area contributed by atoms with Crippen LogP contribution in [0.3, 0.4) is 0 Å². The quantitative estimate of drug-likeness (QED) is 0.470. The van der Waals surface area contributed by atoms with Crippen LogP contribution < -0.4 is 4.73 Å². The summed E-state index contributed by atoms with van der Waals surface area (Å²) in [4.78, 5) is 11.2. The van der Waals surface area contributed by atoms with Gasteiger partial charge in [-0.2, -0.15) is 4.73 Å². The van der Waals surface area contributed by atoms with E-state index < -0.39 is 6.10 Å². The average Bonchev–Trinajstić information content (AvgIpc) is 2.38. The summed E-state index contributed by atoms with van der Waals surface area (Å²) in [6.45, 7) is 1.37. The number of hydrogen-bond donors (Lipinski definition) is 0. The Labute approximate surface area is 105 Å². The number of esters is 1. The van der Waals surface area contributed by atoms with Gasteiger partial charge in [0, 0.05) is 24.6 Å². The van der Waals surface area contributed by atoms with Gasteiger partial charge in [0.05, 0.1) is 0 Å². The van der Waals surface area contributed by atoms with Crippen LogP contribution in [0, 0.1) is 5.21 Å². The van der Waals surface area contributed by atoms with Gasteiger partial charge < -0.3 is 9.94 Å². The highest BCUT2D eigenvalue weighted by Gasteiger charge is 2.17. The van der Waals surface area contributed by atoms with Crippen LogP contribution in [0.4, 0.5) is 0 Å². The van der Waals surface area contributed by atoms with Gasteiger partial charge in [-0.25, -0.2) is 0 Å². The molecule has 1 aromatic heterocycles. The van der Waals surface area contributed by atoms with Crippen molar-refractivity contribution in [1.29, 1.82) is 0 Å². The Morgan fingerprint density at radius 1 is 1.11 bits per heavy atom. The minimum absolute atomic E-state index is 0.359. The fraction of sp³-hybridized carbons (Fsp3) is 0.143. The van der Waals surface area contributed by atoms with Gasteiger partial charge in [-0.05, 0) is 5.56 Å². The number of hydrogen-bond acceptors (Lipinski definition) is 3. The Morgan fingerprint density at radius 3 is 2.22 bits per heavy atom. The van der Waals surface area contributed by atoms with Gasteiger partial charge in [-0.1, -0.05) is 30.3 Å². The highest BCUT2D eigenvalue weighted by Crippen LogP contribution is 2.25. The summed E-state index contributed by atoms with van der Waals surface area (Å²) in [6, 6.07) is 12.7. The lowest BCUT2D eigenvalue weighted by atomic mass is 10.0. The van der Waals surface area contributed by atoms with Gasteiger partial charge in [0.1, 0.15) is 0 Å². The molecule has 0 N–H and O–H groups in total. The van der Waals surface area contributed by atoms with Gasteiger partial charge in [-0.15, -0.1) is 0 Å². The first-order chi connectivity index (χ1) is 8.66. The first-order valence-corrected chi connectivity index (χ1v) is 5.57. The van der Waals surface area contributed by atoms with E-state index >= 15 is 0 Å². The molecule has 1 aromatic carbocycles. The Morgan fingerprint density at radius 2 is 1.67 bits per heavy atom. The van der Waals surface area contributed by atoms with Crippen molar-refractivity contribution in [3.8, 4) is 0 Å². The summed E-state index contributed by atoms with van der Waals surface area (Å²) >= 11 is 0. The third-order valence-corrected chi connectivity index (χ3v) is 2.52. The number of rotatable bonds is 3. The number of carbonyl (C=O) groups excluding carboxylic acids is 1. The van der Waals surface area contributed by atoms with E-state index in [1.165, 1.54) is 19.3 Å². The smallest absolute Gasteiger partial charge is 0.303 e. The highest BCUT2D eigenvalue weighted by atomic mass is 16.5. The number of aromatic nitrogens is 1. The van der Waals surface area contributed by atoms with Gasteiger partial charge in [0.15, 0.2) is 18.5 Å². The maximum atomic E-state index is 11.2. The molecule has 1 atom stereocenters. The molecule has 0 radical (unpaired) electrons. The molecule has 1 heterocycles. The van der Waals surface area contributed by atoms with Crippen LogP contribution >= 0.6 is 0 Å². The maximum absolute atomic E-state index is 11.2. The number of nitrogens with zero attached hydrogens (tertiary/aromatic N) is 1. The second-order valence-corrected chi connectivity index (χ2v) is 3.89. The molecule has 18 heavy (non-hydrogen) atoms. The zero-order valence-electron chi connectivity index (χ0n) is 9.95. The summed E-state index contributed by atoms with van der Waals surface area (Å²) in [6.07, 6.45) is 2.29. The molecule has 0 amide bonds. The summed E-state index contributed by atoms with van der Waals surface area (Å²) in [7, 11) is 0. The minimum Gasteiger partial charge on any atom is -0.619 e. The van der Waals surface area contributed by atoms with Crippen molar-refractivity contribution < 1.29 is 14.3 Å². The summed E-state index contributed by atoms with van der Waals surface area (Å²) in [5.74, 6) is -0.359. The van der Waals surface area contributed by atoms with Crippen LogP contribution in [0.1, 0.15) is 24.2 Å². The molecule has 0 spiro atoms. The van der Waals surface area contributed by atoms with E-state index in [2.05, 4.69) is 0 Å². The maximum Gasteiger partial charge on any atom is 0.303 e. The van der Waals surface area contributed by atoms with E-state index in [1.54, 1.807) is 12.1 Å². The standard InChI is InChI=1S/C14H13NO3/c1-11(16)18-14(12-5-3-2-4-6-12)13-7-9-15(17)10-8-13/h2-10,14H,1H3. The lowest BCUT2D eigenvalue weighted by Crippen LogP contribution is -2.24. The van der Waals surface area contributed by atoms with Crippen LogP contribution in [0.15, 0.2) is 54.9 Å². The Bertz CT molecular complexity index is 522. The molecular weight excluding hydrogens is 230 g/mol. The molecule has 4 nitrogen and oxygen atoms in total. The number of carbonyl (C=O) groups is 1. The molecule has 0 aliphatic rings. The highest BCUT2D eigenvalue weighted by molar-refractivity contribution is 5.66.